The molecule has 0 spiro atoms. The van der Waals surface area contributed by atoms with Crippen LogP contribution in [-0.2, 0) is 9.59 Å². The Kier molecular flexibility index (Phi) is 15.2. The second kappa shape index (κ2) is 16.3. The van der Waals surface area contributed by atoms with Crippen molar-refractivity contribution in [2.75, 3.05) is 0 Å². The van der Waals surface area contributed by atoms with Crippen LogP contribution in [0.1, 0.15) is 84.0 Å². The zero-order valence-corrected chi connectivity index (χ0v) is 15.1. The van der Waals surface area contributed by atoms with E-state index in [1.807, 2.05) is 6.08 Å². The van der Waals surface area contributed by atoms with E-state index in [4.69, 9.17) is 10.2 Å². The zero-order chi connectivity index (χ0) is 18.0. The van der Waals surface area contributed by atoms with Gasteiger partial charge in [0.15, 0.2) is 0 Å². The fourth-order valence-electron chi connectivity index (χ4n) is 2.49. The lowest BCUT2D eigenvalue weighted by Crippen LogP contribution is -2.16. The van der Waals surface area contributed by atoms with Crippen LogP contribution in [0, 0.1) is 5.92 Å². The normalized spacial score (nSPS) is 12.9. The fourth-order valence-corrected chi connectivity index (χ4v) is 2.49. The Hall–Kier alpha value is -1.58. The van der Waals surface area contributed by atoms with Crippen molar-refractivity contribution in [2.45, 2.75) is 84.0 Å². The first kappa shape index (κ1) is 22.4. The van der Waals surface area contributed by atoms with Crippen molar-refractivity contribution in [1.29, 1.82) is 0 Å². The molecular formula is C20H34O4. The molecule has 0 aromatic carbocycles. The molecular weight excluding hydrogens is 304 g/mol. The summed E-state index contributed by atoms with van der Waals surface area (Å²) >= 11 is 0. The van der Waals surface area contributed by atoms with Crippen molar-refractivity contribution in [2.24, 2.45) is 5.92 Å². The van der Waals surface area contributed by atoms with Gasteiger partial charge in [0.25, 0.3) is 0 Å². The van der Waals surface area contributed by atoms with Crippen LogP contribution in [0.5, 0.6) is 0 Å². The van der Waals surface area contributed by atoms with Gasteiger partial charge in [-0.25, -0.2) is 0 Å². The fraction of sp³-hybridized carbons (Fsp3) is 0.700. The van der Waals surface area contributed by atoms with Gasteiger partial charge in [-0.2, -0.15) is 0 Å². The van der Waals surface area contributed by atoms with Gasteiger partial charge in [0, 0.05) is 0 Å². The van der Waals surface area contributed by atoms with Crippen molar-refractivity contribution in [1.82, 2.24) is 0 Å². The third-order valence-corrected chi connectivity index (χ3v) is 3.99. The van der Waals surface area contributed by atoms with Gasteiger partial charge in [0.05, 0.1) is 12.3 Å². The molecule has 0 radical (unpaired) electrons. The number of hydrogen-bond donors (Lipinski definition) is 2. The van der Waals surface area contributed by atoms with Crippen LogP contribution in [0.3, 0.4) is 0 Å². The first-order valence-corrected chi connectivity index (χ1v) is 9.32. The molecule has 1 unspecified atom stereocenters. The molecule has 0 saturated carbocycles. The van der Waals surface area contributed by atoms with Crippen LogP contribution in [0.4, 0.5) is 0 Å². The minimum Gasteiger partial charge on any atom is -0.481 e. The summed E-state index contributed by atoms with van der Waals surface area (Å²) in [6.45, 7) is 2.23. The quantitative estimate of drug-likeness (QED) is 0.284. The first-order chi connectivity index (χ1) is 11.6. The molecule has 138 valence electrons. The average Bonchev–Trinajstić information content (AvgIpc) is 2.53. The van der Waals surface area contributed by atoms with E-state index >= 15 is 0 Å². The molecule has 0 aliphatic rings. The topological polar surface area (TPSA) is 74.6 Å². The molecule has 0 rings (SSSR count). The van der Waals surface area contributed by atoms with Gasteiger partial charge in [-0.15, -0.1) is 0 Å². The molecule has 0 fully saturated rings. The number of rotatable bonds is 16. The maximum absolute atomic E-state index is 10.9. The van der Waals surface area contributed by atoms with E-state index in [0.717, 1.165) is 25.7 Å². The van der Waals surface area contributed by atoms with E-state index in [2.05, 4.69) is 19.1 Å². The largest absolute Gasteiger partial charge is 0.481 e. The van der Waals surface area contributed by atoms with Crippen molar-refractivity contribution >= 4 is 11.9 Å². The second-order valence-electron chi connectivity index (χ2n) is 6.30. The Morgan fingerprint density at radius 3 is 1.79 bits per heavy atom. The highest BCUT2D eigenvalue weighted by Gasteiger charge is 2.18. The molecule has 4 nitrogen and oxygen atoms in total. The average molecular weight is 338 g/mol. The van der Waals surface area contributed by atoms with Gasteiger partial charge in [-0.3, -0.25) is 9.59 Å². The maximum atomic E-state index is 10.9. The molecule has 24 heavy (non-hydrogen) atoms. The number of allylic oxidation sites excluding steroid dienone is 4. The van der Waals surface area contributed by atoms with Gasteiger partial charge >= 0.3 is 11.9 Å². The number of carboxylic acid groups (broad SMARTS) is 2. The smallest absolute Gasteiger partial charge is 0.307 e. The molecule has 0 amide bonds. The minimum atomic E-state index is -1.06. The molecule has 1 atom stereocenters. The standard InChI is InChI=1S/C20H34O4/c1-2-3-4-5-6-7-8-9-10-11-12-13-14-15-16-18(20(23)24)17-19(21)22/h8-9,14-15,18H,2-7,10-13,16-17H2,1H3,(H,21,22)(H,23,24)/b9-8+,15-14+. The summed E-state index contributed by atoms with van der Waals surface area (Å²) in [7, 11) is 0. The zero-order valence-electron chi connectivity index (χ0n) is 15.1. The summed E-state index contributed by atoms with van der Waals surface area (Å²) < 4.78 is 0. The highest BCUT2D eigenvalue weighted by atomic mass is 16.4. The summed E-state index contributed by atoms with van der Waals surface area (Å²) in [4.78, 5) is 21.5. The van der Waals surface area contributed by atoms with Crippen LogP contribution in [0.25, 0.3) is 0 Å². The summed E-state index contributed by atoms with van der Waals surface area (Å²) in [6, 6.07) is 0. The van der Waals surface area contributed by atoms with Gasteiger partial charge in [0.1, 0.15) is 0 Å². The lowest BCUT2D eigenvalue weighted by molar-refractivity contribution is -0.148. The summed E-state index contributed by atoms with van der Waals surface area (Å²) in [5.41, 5.74) is 0. The maximum Gasteiger partial charge on any atom is 0.307 e. The summed E-state index contributed by atoms with van der Waals surface area (Å²) in [5.74, 6) is -2.92. The van der Waals surface area contributed by atoms with E-state index in [1.54, 1.807) is 6.08 Å². The molecule has 0 bridgehead atoms. The van der Waals surface area contributed by atoms with Crippen LogP contribution in [-0.4, -0.2) is 22.2 Å². The Balaban J connectivity index is 3.54. The van der Waals surface area contributed by atoms with Crippen LogP contribution in [0.15, 0.2) is 24.3 Å². The van der Waals surface area contributed by atoms with E-state index in [9.17, 15) is 9.59 Å². The van der Waals surface area contributed by atoms with Gasteiger partial charge < -0.3 is 10.2 Å². The highest BCUT2D eigenvalue weighted by molar-refractivity contribution is 5.77. The van der Waals surface area contributed by atoms with Crippen molar-refractivity contribution in [3.8, 4) is 0 Å². The predicted molar refractivity (Wildman–Crippen MR) is 98.1 cm³/mol. The lowest BCUT2D eigenvalue weighted by atomic mass is 10.0. The van der Waals surface area contributed by atoms with E-state index in [-0.39, 0.29) is 6.42 Å². The highest BCUT2D eigenvalue weighted by Crippen LogP contribution is 2.11. The number of aliphatic carboxylic acids is 2. The van der Waals surface area contributed by atoms with Crippen LogP contribution < -0.4 is 0 Å². The van der Waals surface area contributed by atoms with E-state index in [1.165, 1.54) is 38.5 Å². The van der Waals surface area contributed by atoms with Crippen LogP contribution in [0.2, 0.25) is 0 Å². The third kappa shape index (κ3) is 15.3. The van der Waals surface area contributed by atoms with Crippen molar-refractivity contribution in [3.05, 3.63) is 24.3 Å². The SMILES string of the molecule is CCCCCCC/C=C/CCCC/C=C/CC(CC(=O)O)C(=O)O. The molecule has 0 heterocycles. The van der Waals surface area contributed by atoms with Gasteiger partial charge in [-0.05, 0) is 44.9 Å². The number of unbranched alkanes of at least 4 members (excludes halogenated alkanes) is 8. The second-order valence-corrected chi connectivity index (χ2v) is 6.30. The molecule has 2 N–H and O–H groups in total. The number of carbonyl (C=O) groups is 2. The lowest BCUT2D eigenvalue weighted by Gasteiger charge is -2.05. The molecule has 0 aromatic rings. The molecule has 0 aliphatic carbocycles. The first-order valence-electron chi connectivity index (χ1n) is 9.32. The minimum absolute atomic E-state index is 0.291. The summed E-state index contributed by atoms with van der Waals surface area (Å²) in [5, 5.41) is 17.6. The Labute approximate surface area is 146 Å². The number of carboxylic acids is 2. The van der Waals surface area contributed by atoms with E-state index in [0.29, 0.717) is 6.42 Å². The van der Waals surface area contributed by atoms with E-state index < -0.39 is 17.9 Å². The summed E-state index contributed by atoms with van der Waals surface area (Å²) in [6.07, 6.45) is 20.3. The molecule has 4 heteroatoms. The monoisotopic (exact) mass is 338 g/mol. The third-order valence-electron chi connectivity index (χ3n) is 3.99. The molecule has 0 aromatic heterocycles. The molecule has 0 aliphatic heterocycles. The Bertz CT molecular complexity index is 385. The Morgan fingerprint density at radius 1 is 0.792 bits per heavy atom. The van der Waals surface area contributed by atoms with Crippen molar-refractivity contribution in [3.63, 3.8) is 0 Å². The van der Waals surface area contributed by atoms with Gasteiger partial charge in [-0.1, -0.05) is 56.9 Å². The van der Waals surface area contributed by atoms with Crippen molar-refractivity contribution < 1.29 is 19.8 Å². The van der Waals surface area contributed by atoms with Gasteiger partial charge in [0.2, 0.25) is 0 Å². The van der Waals surface area contributed by atoms with Crippen LogP contribution >= 0.6 is 0 Å². The Morgan fingerprint density at radius 2 is 1.29 bits per heavy atom. The predicted octanol–water partition coefficient (Wildman–Crippen LogP) is 5.59. The molecule has 0 saturated heterocycles. The number of hydrogen-bond acceptors (Lipinski definition) is 2.